The fourth-order valence-corrected chi connectivity index (χ4v) is 5.77. The van der Waals surface area contributed by atoms with E-state index in [0.29, 0.717) is 5.75 Å². The van der Waals surface area contributed by atoms with E-state index in [2.05, 4.69) is 5.32 Å². The third-order valence-electron chi connectivity index (χ3n) is 5.79. The van der Waals surface area contributed by atoms with Gasteiger partial charge >= 0.3 is 5.97 Å². The number of methoxy groups -OCH3 is 2. The number of hydrogen-bond acceptors (Lipinski definition) is 6. The molecule has 172 valence electrons. The first-order chi connectivity index (χ1) is 15.8. The molecule has 0 saturated carbocycles. The molecule has 1 N–H and O–H groups in total. The van der Waals surface area contributed by atoms with Crippen LogP contribution in [-0.2, 0) is 19.6 Å². The molecule has 0 unspecified atom stereocenters. The Hall–Kier alpha value is -3.36. The molecule has 0 aliphatic carbocycles. The molecule has 0 fully saturated rings. The maximum Gasteiger partial charge on any atom is 0.307 e. The van der Waals surface area contributed by atoms with Crippen LogP contribution in [0.3, 0.4) is 0 Å². The van der Waals surface area contributed by atoms with Gasteiger partial charge in [-0.2, -0.15) is 4.31 Å². The van der Waals surface area contributed by atoms with Crippen LogP contribution in [-0.4, -0.2) is 32.9 Å². The van der Waals surface area contributed by atoms with Gasteiger partial charge in [0.15, 0.2) is 0 Å². The number of sulfonamides is 1. The number of carbonyl (C=O) groups is 1. The minimum Gasteiger partial charge on any atom is -0.497 e. The van der Waals surface area contributed by atoms with Gasteiger partial charge in [0.2, 0.25) is 10.0 Å². The monoisotopic (exact) mass is 466 g/mol. The molecule has 0 aromatic heterocycles. The highest BCUT2D eigenvalue weighted by Crippen LogP contribution is 2.47. The molecule has 3 aromatic carbocycles. The molecule has 33 heavy (non-hydrogen) atoms. The third kappa shape index (κ3) is 4.44. The number of anilines is 1. The minimum absolute atomic E-state index is 0.0978. The Morgan fingerprint density at radius 1 is 0.939 bits per heavy atom. The topological polar surface area (TPSA) is 84.9 Å². The van der Waals surface area contributed by atoms with Crippen LogP contribution in [0.25, 0.3) is 0 Å². The van der Waals surface area contributed by atoms with Crippen molar-refractivity contribution < 1.29 is 22.7 Å². The molecule has 4 rings (SSSR count). The molecule has 1 heterocycles. The number of ether oxygens (including phenoxy) is 2. The number of fused-ring (bicyclic) bond motifs is 1. The second-order valence-corrected chi connectivity index (χ2v) is 9.69. The standard InChI is InChI=1S/C25H26N2O5S/c1-17-8-14-20(15-9-17)33(29,30)27-23(16-24(28)32-3)21-6-4-5-7-22(21)25(27)26-18-10-12-19(31-2)13-11-18/h4-15,23,25-26H,16H2,1-3H3/t23-,25-/m0/s1. The van der Waals surface area contributed by atoms with Gasteiger partial charge in [-0.25, -0.2) is 8.42 Å². The maximum absolute atomic E-state index is 13.9. The van der Waals surface area contributed by atoms with Gasteiger partial charge in [-0.3, -0.25) is 4.79 Å². The van der Waals surface area contributed by atoms with E-state index in [1.807, 2.05) is 43.3 Å². The van der Waals surface area contributed by atoms with Crippen molar-refractivity contribution in [1.82, 2.24) is 4.31 Å². The van der Waals surface area contributed by atoms with Crippen LogP contribution in [0.15, 0.2) is 77.7 Å². The summed E-state index contributed by atoms with van der Waals surface area (Å²) in [7, 11) is -1.08. The van der Waals surface area contributed by atoms with E-state index in [9.17, 15) is 13.2 Å². The van der Waals surface area contributed by atoms with Gasteiger partial charge in [-0.1, -0.05) is 42.0 Å². The van der Waals surface area contributed by atoms with Crippen molar-refractivity contribution in [3.05, 3.63) is 89.5 Å². The van der Waals surface area contributed by atoms with E-state index >= 15 is 0 Å². The van der Waals surface area contributed by atoms with Gasteiger partial charge in [0.1, 0.15) is 11.9 Å². The van der Waals surface area contributed by atoms with Crippen molar-refractivity contribution in [2.75, 3.05) is 19.5 Å². The van der Waals surface area contributed by atoms with E-state index < -0.39 is 28.2 Å². The number of benzene rings is 3. The molecule has 8 heteroatoms. The van der Waals surface area contributed by atoms with Crippen LogP contribution in [0, 0.1) is 6.92 Å². The number of carbonyl (C=O) groups excluding carboxylic acids is 1. The summed E-state index contributed by atoms with van der Waals surface area (Å²) in [5.74, 6) is 0.212. The number of aryl methyl sites for hydroxylation is 1. The number of rotatable bonds is 7. The number of hydrogen-bond donors (Lipinski definition) is 1. The predicted octanol–water partition coefficient (Wildman–Crippen LogP) is 4.42. The van der Waals surface area contributed by atoms with E-state index in [1.165, 1.54) is 11.4 Å². The normalized spacial score (nSPS) is 17.9. The Labute approximate surface area is 194 Å². The molecule has 0 radical (unpaired) electrons. The summed E-state index contributed by atoms with van der Waals surface area (Å²) in [5, 5.41) is 3.35. The molecular formula is C25H26N2O5S. The SMILES string of the molecule is COC(=O)C[C@H]1c2ccccc2[C@@H](Nc2ccc(OC)cc2)N1S(=O)(=O)c1ccc(C)cc1. The molecule has 7 nitrogen and oxygen atoms in total. The van der Waals surface area contributed by atoms with Crippen LogP contribution in [0.2, 0.25) is 0 Å². The highest BCUT2D eigenvalue weighted by molar-refractivity contribution is 7.89. The fourth-order valence-electron chi connectivity index (χ4n) is 4.08. The van der Waals surface area contributed by atoms with Gasteiger partial charge < -0.3 is 14.8 Å². The van der Waals surface area contributed by atoms with E-state index in [4.69, 9.17) is 9.47 Å². The Kier molecular flexibility index (Phi) is 6.40. The molecule has 1 aliphatic heterocycles. The smallest absolute Gasteiger partial charge is 0.307 e. The highest BCUT2D eigenvalue weighted by atomic mass is 32.2. The predicted molar refractivity (Wildman–Crippen MR) is 125 cm³/mol. The van der Waals surface area contributed by atoms with E-state index in [0.717, 1.165) is 22.4 Å². The minimum atomic E-state index is -3.97. The largest absolute Gasteiger partial charge is 0.497 e. The van der Waals surface area contributed by atoms with Crippen LogP contribution in [0.4, 0.5) is 5.69 Å². The van der Waals surface area contributed by atoms with Gasteiger partial charge in [0, 0.05) is 5.69 Å². The lowest BCUT2D eigenvalue weighted by molar-refractivity contribution is -0.141. The molecule has 0 saturated heterocycles. The zero-order valence-electron chi connectivity index (χ0n) is 18.7. The Bertz CT molecular complexity index is 1240. The van der Waals surface area contributed by atoms with Crippen molar-refractivity contribution in [1.29, 1.82) is 0 Å². The molecule has 0 bridgehead atoms. The van der Waals surface area contributed by atoms with Crippen LogP contribution in [0.1, 0.15) is 35.3 Å². The van der Waals surface area contributed by atoms with Crippen molar-refractivity contribution >= 4 is 21.7 Å². The number of esters is 1. The van der Waals surface area contributed by atoms with E-state index in [-0.39, 0.29) is 11.3 Å². The quantitative estimate of drug-likeness (QED) is 0.519. The average molecular weight is 467 g/mol. The zero-order chi connectivity index (χ0) is 23.6. The first kappa shape index (κ1) is 22.8. The number of nitrogens with zero attached hydrogens (tertiary/aromatic N) is 1. The second kappa shape index (κ2) is 9.25. The lowest BCUT2D eigenvalue weighted by Crippen LogP contribution is -2.37. The van der Waals surface area contributed by atoms with Crippen molar-refractivity contribution in [3.8, 4) is 5.75 Å². The summed E-state index contributed by atoms with van der Waals surface area (Å²) in [4.78, 5) is 12.5. The number of nitrogens with one attached hydrogen (secondary N) is 1. The Morgan fingerprint density at radius 2 is 1.58 bits per heavy atom. The van der Waals surface area contributed by atoms with Gasteiger partial charge in [0.05, 0.1) is 31.6 Å². The molecule has 3 aromatic rings. The first-order valence-electron chi connectivity index (χ1n) is 10.5. The second-order valence-electron chi connectivity index (χ2n) is 7.85. The molecule has 0 spiro atoms. The van der Waals surface area contributed by atoms with Crippen molar-refractivity contribution in [2.24, 2.45) is 0 Å². The Morgan fingerprint density at radius 3 is 2.18 bits per heavy atom. The zero-order valence-corrected chi connectivity index (χ0v) is 19.5. The lowest BCUT2D eigenvalue weighted by Gasteiger charge is -2.30. The van der Waals surface area contributed by atoms with Crippen LogP contribution >= 0.6 is 0 Å². The van der Waals surface area contributed by atoms with Gasteiger partial charge in [-0.15, -0.1) is 0 Å². The van der Waals surface area contributed by atoms with Crippen LogP contribution < -0.4 is 10.1 Å². The summed E-state index contributed by atoms with van der Waals surface area (Å²) >= 11 is 0. The molecule has 2 atom stereocenters. The van der Waals surface area contributed by atoms with Crippen molar-refractivity contribution in [3.63, 3.8) is 0 Å². The first-order valence-corrected chi connectivity index (χ1v) is 12.0. The van der Waals surface area contributed by atoms with Gasteiger partial charge in [-0.05, 0) is 54.4 Å². The van der Waals surface area contributed by atoms with E-state index in [1.54, 1.807) is 43.5 Å². The summed E-state index contributed by atoms with van der Waals surface area (Å²) in [5.41, 5.74) is 3.23. The molecule has 0 amide bonds. The Balaban J connectivity index is 1.83. The lowest BCUT2D eigenvalue weighted by atomic mass is 10.0. The average Bonchev–Trinajstić information content (AvgIpc) is 3.13. The third-order valence-corrected chi connectivity index (χ3v) is 7.68. The summed E-state index contributed by atoms with van der Waals surface area (Å²) < 4.78 is 39.3. The molecule has 1 aliphatic rings. The van der Waals surface area contributed by atoms with Gasteiger partial charge in [0.25, 0.3) is 0 Å². The highest BCUT2D eigenvalue weighted by Gasteiger charge is 2.46. The van der Waals surface area contributed by atoms with Crippen molar-refractivity contribution in [2.45, 2.75) is 30.4 Å². The fraction of sp³-hybridized carbons (Fsp3) is 0.240. The summed E-state index contributed by atoms with van der Waals surface area (Å²) in [6, 6.07) is 20.7. The summed E-state index contributed by atoms with van der Waals surface area (Å²) in [6.45, 7) is 1.90. The molecular weight excluding hydrogens is 440 g/mol. The summed E-state index contributed by atoms with van der Waals surface area (Å²) in [6.07, 6.45) is -0.810. The van der Waals surface area contributed by atoms with Crippen LogP contribution in [0.5, 0.6) is 5.75 Å². The maximum atomic E-state index is 13.9.